The second-order valence-electron chi connectivity index (χ2n) is 3.20. The minimum absolute atomic E-state index is 0.878. The van der Waals surface area contributed by atoms with Crippen LogP contribution in [0.25, 0.3) is 0 Å². The van der Waals surface area contributed by atoms with Crippen molar-refractivity contribution in [2.75, 3.05) is 0 Å². The lowest BCUT2D eigenvalue weighted by atomic mass is 10.0. The Balaban J connectivity index is 2.79. The van der Waals surface area contributed by atoms with Crippen molar-refractivity contribution in [3.05, 3.63) is 0 Å². The van der Waals surface area contributed by atoms with Crippen LogP contribution in [0.15, 0.2) is 0 Å². The molecule has 1 rings (SSSR count). The van der Waals surface area contributed by atoms with Crippen LogP contribution in [-0.4, -0.2) is 59.0 Å². The van der Waals surface area contributed by atoms with Gasteiger partial charge in [0, 0.05) is 0 Å². The summed E-state index contributed by atoms with van der Waals surface area (Å²) in [5.74, 6) is 0. The van der Waals surface area contributed by atoms with Gasteiger partial charge in [0.25, 0.3) is 0 Å². The number of hydrogen-bond donors (Lipinski definition) is 4. The van der Waals surface area contributed by atoms with Gasteiger partial charge in [0.05, 0.1) is 6.10 Å². The van der Waals surface area contributed by atoms with E-state index in [2.05, 4.69) is 8.92 Å². The molecule has 0 aromatic carbocycles. The van der Waals surface area contributed by atoms with Crippen LogP contribution >= 0.6 is 0 Å². The van der Waals surface area contributed by atoms with Crippen LogP contribution in [0.1, 0.15) is 6.92 Å². The van der Waals surface area contributed by atoms with Crippen LogP contribution < -0.4 is 0 Å². The largest absolute Gasteiger partial charge is 0.397 e. The van der Waals surface area contributed by atoms with Crippen molar-refractivity contribution >= 4 is 10.4 Å². The van der Waals surface area contributed by atoms with Crippen molar-refractivity contribution in [1.82, 2.24) is 0 Å². The number of aliphatic hydroxyl groups is 3. The molecular weight excluding hydrogens is 232 g/mol. The molecule has 9 heteroatoms. The molecule has 0 bridgehead atoms. The molecule has 90 valence electrons. The highest BCUT2D eigenvalue weighted by Gasteiger charge is 2.44. The average molecular weight is 244 g/mol. The fourth-order valence-electron chi connectivity index (χ4n) is 1.26. The van der Waals surface area contributed by atoms with Crippen LogP contribution in [-0.2, 0) is 19.3 Å². The Bertz CT molecular complexity index is 313. The highest BCUT2D eigenvalue weighted by Crippen LogP contribution is 2.22. The molecule has 1 aliphatic rings. The van der Waals surface area contributed by atoms with Gasteiger partial charge in [-0.25, -0.2) is 4.18 Å². The first-order valence-corrected chi connectivity index (χ1v) is 5.44. The summed E-state index contributed by atoms with van der Waals surface area (Å²) >= 11 is 0. The molecule has 1 saturated heterocycles. The third-order valence-electron chi connectivity index (χ3n) is 2.04. The Labute approximate surface area is 86.0 Å². The maximum Gasteiger partial charge on any atom is 0.397 e. The summed E-state index contributed by atoms with van der Waals surface area (Å²) in [4.78, 5) is 0. The standard InChI is InChI=1S/C6H12O8S/c1-2-3(7)4(8)5(6(9)13-2)14-15(10,11)12/h2-9H,1H3,(H,10,11,12). The first kappa shape index (κ1) is 12.8. The quantitative estimate of drug-likeness (QED) is 0.396. The molecule has 5 atom stereocenters. The average Bonchev–Trinajstić information content (AvgIpc) is 2.07. The maximum atomic E-state index is 10.4. The van der Waals surface area contributed by atoms with Crippen molar-refractivity contribution in [3.63, 3.8) is 0 Å². The maximum absolute atomic E-state index is 10.4. The van der Waals surface area contributed by atoms with Gasteiger partial charge in [-0.1, -0.05) is 0 Å². The summed E-state index contributed by atoms with van der Waals surface area (Å²) < 4.78 is 37.7. The minimum Gasteiger partial charge on any atom is -0.388 e. The molecule has 0 radical (unpaired) electrons. The lowest BCUT2D eigenvalue weighted by Crippen LogP contribution is -2.57. The summed E-state index contributed by atoms with van der Waals surface area (Å²) in [7, 11) is -4.84. The highest BCUT2D eigenvalue weighted by atomic mass is 32.3. The monoisotopic (exact) mass is 244 g/mol. The van der Waals surface area contributed by atoms with Gasteiger partial charge in [0.2, 0.25) is 0 Å². The van der Waals surface area contributed by atoms with Gasteiger partial charge in [-0.15, -0.1) is 0 Å². The lowest BCUT2D eigenvalue weighted by Gasteiger charge is -2.37. The fraction of sp³-hybridized carbons (Fsp3) is 1.00. The van der Waals surface area contributed by atoms with E-state index in [0.717, 1.165) is 0 Å². The van der Waals surface area contributed by atoms with Crippen LogP contribution in [0.3, 0.4) is 0 Å². The molecule has 1 fully saturated rings. The van der Waals surface area contributed by atoms with E-state index in [1.165, 1.54) is 6.92 Å². The van der Waals surface area contributed by atoms with Gasteiger partial charge in [-0.05, 0) is 6.92 Å². The zero-order valence-corrected chi connectivity index (χ0v) is 8.53. The normalized spacial score (nSPS) is 42.9. The summed E-state index contributed by atoms with van der Waals surface area (Å²) in [5.41, 5.74) is 0. The molecule has 1 aliphatic heterocycles. The van der Waals surface area contributed by atoms with Crippen molar-refractivity contribution in [3.8, 4) is 0 Å². The Morgan fingerprint density at radius 2 is 1.73 bits per heavy atom. The Kier molecular flexibility index (Phi) is 3.66. The first-order chi connectivity index (χ1) is 6.72. The molecule has 0 aliphatic carbocycles. The number of aliphatic hydroxyl groups excluding tert-OH is 3. The smallest absolute Gasteiger partial charge is 0.388 e. The van der Waals surface area contributed by atoms with Gasteiger partial charge >= 0.3 is 10.4 Å². The third kappa shape index (κ3) is 3.08. The summed E-state index contributed by atoms with van der Waals surface area (Å²) in [6.07, 6.45) is -7.48. The predicted molar refractivity (Wildman–Crippen MR) is 45.0 cm³/mol. The second kappa shape index (κ2) is 4.29. The molecule has 1 heterocycles. The third-order valence-corrected chi connectivity index (χ3v) is 2.50. The van der Waals surface area contributed by atoms with E-state index >= 15 is 0 Å². The Morgan fingerprint density at radius 3 is 2.20 bits per heavy atom. The summed E-state index contributed by atoms with van der Waals surface area (Å²) in [6, 6.07) is 0. The van der Waals surface area contributed by atoms with Crippen molar-refractivity contribution in [2.45, 2.75) is 37.6 Å². The SMILES string of the molecule is CC1OC(O)C(OS(=O)(=O)O)C(O)C1O. The topological polar surface area (TPSA) is 134 Å². The zero-order valence-electron chi connectivity index (χ0n) is 7.72. The first-order valence-electron chi connectivity index (χ1n) is 4.07. The van der Waals surface area contributed by atoms with Crippen molar-refractivity contribution < 1.29 is 37.2 Å². The number of ether oxygens (including phenoxy) is 1. The van der Waals surface area contributed by atoms with E-state index < -0.39 is 41.1 Å². The molecule has 0 spiro atoms. The molecule has 0 aromatic heterocycles. The molecule has 5 unspecified atom stereocenters. The molecule has 0 aromatic rings. The van der Waals surface area contributed by atoms with Crippen LogP contribution in [0.5, 0.6) is 0 Å². The Morgan fingerprint density at radius 1 is 1.20 bits per heavy atom. The van der Waals surface area contributed by atoms with Crippen LogP contribution in [0.2, 0.25) is 0 Å². The molecule has 0 saturated carbocycles. The van der Waals surface area contributed by atoms with E-state index in [0.29, 0.717) is 0 Å². The van der Waals surface area contributed by atoms with E-state index in [4.69, 9.17) is 4.55 Å². The number of rotatable bonds is 2. The molecule has 8 nitrogen and oxygen atoms in total. The fourth-order valence-corrected chi connectivity index (χ4v) is 1.75. The summed E-state index contributed by atoms with van der Waals surface area (Å²) in [5, 5.41) is 27.8. The van der Waals surface area contributed by atoms with Gasteiger partial charge in [0.1, 0.15) is 12.2 Å². The lowest BCUT2D eigenvalue weighted by molar-refractivity contribution is -0.271. The van der Waals surface area contributed by atoms with E-state index in [9.17, 15) is 23.7 Å². The zero-order chi connectivity index (χ0) is 11.8. The van der Waals surface area contributed by atoms with Crippen molar-refractivity contribution in [2.24, 2.45) is 0 Å². The Hall–Kier alpha value is -0.290. The molecule has 0 amide bonds. The van der Waals surface area contributed by atoms with Crippen LogP contribution in [0, 0.1) is 0 Å². The van der Waals surface area contributed by atoms with Gasteiger partial charge in [-0.3, -0.25) is 4.55 Å². The predicted octanol–water partition coefficient (Wildman–Crippen LogP) is -2.37. The summed E-state index contributed by atoms with van der Waals surface area (Å²) in [6.45, 7) is 1.38. The molecule has 15 heavy (non-hydrogen) atoms. The van der Waals surface area contributed by atoms with E-state index in [-0.39, 0.29) is 0 Å². The van der Waals surface area contributed by atoms with Gasteiger partial charge in [-0.2, -0.15) is 8.42 Å². The molecule has 4 N–H and O–H groups in total. The second-order valence-corrected chi connectivity index (χ2v) is 4.25. The number of hydrogen-bond acceptors (Lipinski definition) is 7. The van der Waals surface area contributed by atoms with Crippen LogP contribution in [0.4, 0.5) is 0 Å². The minimum atomic E-state index is -4.84. The molecular formula is C6H12O8S. The van der Waals surface area contributed by atoms with E-state index in [1.54, 1.807) is 0 Å². The van der Waals surface area contributed by atoms with E-state index in [1.807, 2.05) is 0 Å². The van der Waals surface area contributed by atoms with Gasteiger partial charge in [0.15, 0.2) is 12.4 Å². The van der Waals surface area contributed by atoms with Gasteiger partial charge < -0.3 is 20.1 Å². The van der Waals surface area contributed by atoms with Crippen molar-refractivity contribution in [1.29, 1.82) is 0 Å². The highest BCUT2D eigenvalue weighted by molar-refractivity contribution is 7.80.